The number of rotatable bonds is 8. The summed E-state index contributed by atoms with van der Waals surface area (Å²) in [5.41, 5.74) is 4.67. The van der Waals surface area contributed by atoms with E-state index in [4.69, 9.17) is 9.47 Å². The van der Waals surface area contributed by atoms with Crippen molar-refractivity contribution >= 4 is 17.4 Å². The van der Waals surface area contributed by atoms with Gasteiger partial charge in [0.1, 0.15) is 18.1 Å². The second kappa shape index (κ2) is 11.8. The van der Waals surface area contributed by atoms with Gasteiger partial charge in [-0.15, -0.1) is 0 Å². The summed E-state index contributed by atoms with van der Waals surface area (Å²) in [5, 5.41) is 11.4. The van der Waals surface area contributed by atoms with Crippen LogP contribution in [0.2, 0.25) is 0 Å². The molecular formula is C32H34N2O5. The van der Waals surface area contributed by atoms with Crippen LogP contribution in [0.25, 0.3) is 5.76 Å². The lowest BCUT2D eigenvalue weighted by Gasteiger charge is -2.31. The predicted octanol–water partition coefficient (Wildman–Crippen LogP) is 4.64. The molecule has 39 heavy (non-hydrogen) atoms. The molecule has 3 aromatic carbocycles. The minimum absolute atomic E-state index is 0.110. The van der Waals surface area contributed by atoms with Crippen molar-refractivity contribution in [1.29, 1.82) is 0 Å². The van der Waals surface area contributed by atoms with Crippen molar-refractivity contribution in [2.75, 3.05) is 39.4 Å². The molecule has 1 atom stereocenters. The van der Waals surface area contributed by atoms with Crippen molar-refractivity contribution in [2.24, 2.45) is 0 Å². The van der Waals surface area contributed by atoms with E-state index in [1.807, 2.05) is 56.3 Å². The maximum atomic E-state index is 13.3. The van der Waals surface area contributed by atoms with E-state index in [-0.39, 0.29) is 11.3 Å². The van der Waals surface area contributed by atoms with Crippen LogP contribution in [0.1, 0.15) is 33.9 Å². The first-order valence-electron chi connectivity index (χ1n) is 13.3. The Morgan fingerprint density at radius 3 is 2.33 bits per heavy atom. The zero-order valence-corrected chi connectivity index (χ0v) is 22.4. The number of aliphatic hydroxyl groups is 1. The number of nitrogens with zero attached hydrogens (tertiary/aromatic N) is 2. The molecule has 7 heteroatoms. The first kappa shape index (κ1) is 26.7. The summed E-state index contributed by atoms with van der Waals surface area (Å²) in [6, 6.07) is 22.2. The molecule has 0 aromatic heterocycles. The minimum Gasteiger partial charge on any atom is -0.507 e. The summed E-state index contributed by atoms with van der Waals surface area (Å²) in [6.45, 7) is 8.36. The van der Waals surface area contributed by atoms with Gasteiger partial charge in [-0.05, 0) is 49.2 Å². The average molecular weight is 527 g/mol. The third kappa shape index (κ3) is 6.05. The Kier molecular flexibility index (Phi) is 8.10. The van der Waals surface area contributed by atoms with Crippen molar-refractivity contribution in [3.63, 3.8) is 0 Å². The first-order chi connectivity index (χ1) is 18.9. The van der Waals surface area contributed by atoms with Crippen molar-refractivity contribution in [2.45, 2.75) is 26.5 Å². The molecule has 2 saturated heterocycles. The van der Waals surface area contributed by atoms with E-state index >= 15 is 0 Å². The van der Waals surface area contributed by atoms with E-state index in [9.17, 15) is 14.7 Å². The van der Waals surface area contributed by atoms with E-state index in [0.29, 0.717) is 44.2 Å². The predicted molar refractivity (Wildman–Crippen MR) is 149 cm³/mol. The maximum Gasteiger partial charge on any atom is 0.295 e. The molecule has 2 fully saturated rings. The number of benzene rings is 3. The van der Waals surface area contributed by atoms with Gasteiger partial charge < -0.3 is 19.5 Å². The number of aryl methyl sites for hydroxylation is 2. The number of amides is 1. The normalized spacial score (nSPS) is 19.4. The van der Waals surface area contributed by atoms with E-state index in [0.717, 1.165) is 29.8 Å². The summed E-state index contributed by atoms with van der Waals surface area (Å²) in [4.78, 5) is 30.4. The van der Waals surface area contributed by atoms with E-state index in [1.54, 1.807) is 29.2 Å². The fourth-order valence-corrected chi connectivity index (χ4v) is 5.11. The van der Waals surface area contributed by atoms with Gasteiger partial charge in [-0.25, -0.2) is 0 Å². The highest BCUT2D eigenvalue weighted by Crippen LogP contribution is 2.39. The Labute approximate surface area is 229 Å². The van der Waals surface area contributed by atoms with Gasteiger partial charge >= 0.3 is 0 Å². The summed E-state index contributed by atoms with van der Waals surface area (Å²) >= 11 is 0. The summed E-state index contributed by atoms with van der Waals surface area (Å²) < 4.78 is 11.3. The standard InChI is InChI=1S/C32H34N2O5/c1-22-6-8-25(9-7-22)29-28(31(36)32(37)34(29)15-14-33-16-18-38-19-17-33)30(35)26-10-12-27(13-11-26)39-21-24-5-3-4-23(2)20-24/h3-13,20,29,35H,14-19,21H2,1-2H3/t29-/m0/s1. The number of hydrogen-bond acceptors (Lipinski definition) is 6. The molecule has 7 nitrogen and oxygen atoms in total. The van der Waals surface area contributed by atoms with E-state index in [1.165, 1.54) is 5.56 Å². The lowest BCUT2D eigenvalue weighted by molar-refractivity contribution is -0.140. The quantitative estimate of drug-likeness (QED) is 0.262. The second-order valence-corrected chi connectivity index (χ2v) is 10.2. The van der Waals surface area contributed by atoms with Crippen molar-refractivity contribution in [3.8, 4) is 5.75 Å². The van der Waals surface area contributed by atoms with Gasteiger partial charge in [-0.1, -0.05) is 59.7 Å². The van der Waals surface area contributed by atoms with Crippen LogP contribution >= 0.6 is 0 Å². The fraction of sp³-hybridized carbons (Fsp3) is 0.312. The number of carbonyl (C=O) groups is 2. The molecule has 0 spiro atoms. The Morgan fingerprint density at radius 2 is 1.64 bits per heavy atom. The SMILES string of the molecule is Cc1ccc([C@H]2C(=C(O)c3ccc(OCc4cccc(C)c4)cc3)C(=O)C(=O)N2CCN2CCOCC2)cc1. The Hall–Kier alpha value is -3.94. The molecule has 3 aromatic rings. The Balaban J connectivity index is 1.41. The van der Waals surface area contributed by atoms with Gasteiger partial charge in [0.2, 0.25) is 0 Å². The molecule has 0 bridgehead atoms. The van der Waals surface area contributed by atoms with Crippen molar-refractivity contribution < 1.29 is 24.2 Å². The molecule has 0 unspecified atom stereocenters. The van der Waals surface area contributed by atoms with Crippen LogP contribution in [0.15, 0.2) is 78.4 Å². The highest BCUT2D eigenvalue weighted by atomic mass is 16.5. The molecule has 1 N–H and O–H groups in total. The van der Waals surface area contributed by atoms with Gasteiger partial charge in [0, 0.05) is 31.7 Å². The van der Waals surface area contributed by atoms with E-state index in [2.05, 4.69) is 11.0 Å². The molecule has 0 radical (unpaired) electrons. The molecule has 0 saturated carbocycles. The second-order valence-electron chi connectivity index (χ2n) is 10.2. The summed E-state index contributed by atoms with van der Waals surface area (Å²) in [5.74, 6) is -0.791. The molecule has 2 heterocycles. The van der Waals surface area contributed by atoms with Crippen molar-refractivity contribution in [3.05, 3.63) is 106 Å². The van der Waals surface area contributed by atoms with Crippen molar-refractivity contribution in [1.82, 2.24) is 9.80 Å². The smallest absolute Gasteiger partial charge is 0.295 e. The third-order valence-corrected chi connectivity index (χ3v) is 7.31. The number of likely N-dealkylation sites (tertiary alicyclic amines) is 1. The number of aliphatic hydroxyl groups excluding tert-OH is 1. The monoisotopic (exact) mass is 526 g/mol. The number of hydrogen-bond donors (Lipinski definition) is 1. The molecule has 2 aliphatic heterocycles. The van der Waals surface area contributed by atoms with Crippen LogP contribution in [0, 0.1) is 13.8 Å². The largest absolute Gasteiger partial charge is 0.507 e. The van der Waals surface area contributed by atoms with Gasteiger partial charge in [0.25, 0.3) is 11.7 Å². The summed E-state index contributed by atoms with van der Waals surface area (Å²) in [6.07, 6.45) is 0. The van der Waals surface area contributed by atoms with Crippen LogP contribution in [-0.2, 0) is 20.9 Å². The molecular weight excluding hydrogens is 492 g/mol. The van der Waals surface area contributed by atoms with Crippen LogP contribution < -0.4 is 4.74 Å². The molecule has 5 rings (SSSR count). The van der Waals surface area contributed by atoms with Gasteiger partial charge in [-0.2, -0.15) is 0 Å². The maximum absolute atomic E-state index is 13.3. The first-order valence-corrected chi connectivity index (χ1v) is 13.3. The zero-order chi connectivity index (χ0) is 27.4. The average Bonchev–Trinajstić information content (AvgIpc) is 3.21. The van der Waals surface area contributed by atoms with Crippen LogP contribution in [0.3, 0.4) is 0 Å². The number of ether oxygens (including phenoxy) is 2. The van der Waals surface area contributed by atoms with E-state index < -0.39 is 17.7 Å². The number of morpholine rings is 1. The van der Waals surface area contributed by atoms with Crippen LogP contribution in [0.5, 0.6) is 5.75 Å². The fourth-order valence-electron chi connectivity index (χ4n) is 5.11. The highest BCUT2D eigenvalue weighted by molar-refractivity contribution is 6.46. The Bertz CT molecular complexity index is 1360. The lowest BCUT2D eigenvalue weighted by atomic mass is 9.94. The van der Waals surface area contributed by atoms with Crippen LogP contribution in [-0.4, -0.2) is 66.0 Å². The highest BCUT2D eigenvalue weighted by Gasteiger charge is 2.46. The summed E-state index contributed by atoms with van der Waals surface area (Å²) in [7, 11) is 0. The molecule has 202 valence electrons. The zero-order valence-electron chi connectivity index (χ0n) is 22.4. The Morgan fingerprint density at radius 1 is 0.923 bits per heavy atom. The number of carbonyl (C=O) groups excluding carboxylic acids is 2. The van der Waals surface area contributed by atoms with Crippen LogP contribution in [0.4, 0.5) is 0 Å². The topological polar surface area (TPSA) is 79.3 Å². The number of Topliss-reactive ketones (excluding diaryl/α,β-unsaturated/α-hetero) is 1. The van der Waals surface area contributed by atoms with Gasteiger partial charge in [0.05, 0.1) is 24.8 Å². The lowest BCUT2D eigenvalue weighted by Crippen LogP contribution is -2.42. The van der Waals surface area contributed by atoms with Gasteiger partial charge in [0.15, 0.2) is 0 Å². The van der Waals surface area contributed by atoms with Gasteiger partial charge in [-0.3, -0.25) is 14.5 Å². The molecule has 1 amide bonds. The molecule has 2 aliphatic rings. The third-order valence-electron chi connectivity index (χ3n) is 7.31. The minimum atomic E-state index is -0.667. The molecule has 0 aliphatic carbocycles. The number of ketones is 1.